The molecule has 1 N–H and O–H groups in total. The molecule has 0 radical (unpaired) electrons. The molecule has 2 aromatic heterocycles. The standard InChI is InChI=1S/C14H21ClN6/c1-16-14(17-8-12-5-6-18-21(12)4)20(3)10-13-7-11(15)9-19(13)2/h5-7,9H,8,10H2,1-4H3,(H,16,17). The van der Waals surface area contributed by atoms with Crippen LogP contribution in [0.15, 0.2) is 29.5 Å². The maximum absolute atomic E-state index is 6.01. The lowest BCUT2D eigenvalue weighted by Crippen LogP contribution is -2.38. The summed E-state index contributed by atoms with van der Waals surface area (Å²) in [5, 5.41) is 8.23. The summed E-state index contributed by atoms with van der Waals surface area (Å²) in [5.74, 6) is 0.827. The first-order chi connectivity index (χ1) is 10.0. The van der Waals surface area contributed by atoms with Gasteiger partial charge in [-0.1, -0.05) is 11.6 Å². The molecule has 7 heteroatoms. The molecule has 0 aliphatic rings. The summed E-state index contributed by atoms with van der Waals surface area (Å²) in [5.41, 5.74) is 2.23. The van der Waals surface area contributed by atoms with Crippen LogP contribution in [0.2, 0.25) is 5.02 Å². The van der Waals surface area contributed by atoms with Gasteiger partial charge in [0.05, 0.1) is 23.8 Å². The number of hydrogen-bond acceptors (Lipinski definition) is 2. The second-order valence-electron chi connectivity index (χ2n) is 4.96. The van der Waals surface area contributed by atoms with Gasteiger partial charge in [-0.3, -0.25) is 9.67 Å². The third-order valence-corrected chi connectivity index (χ3v) is 3.60. The first kappa shape index (κ1) is 15.4. The smallest absolute Gasteiger partial charge is 0.194 e. The van der Waals surface area contributed by atoms with Gasteiger partial charge in [-0.2, -0.15) is 5.10 Å². The lowest BCUT2D eigenvalue weighted by molar-refractivity contribution is 0.460. The van der Waals surface area contributed by atoms with Gasteiger partial charge in [0.25, 0.3) is 0 Å². The van der Waals surface area contributed by atoms with E-state index < -0.39 is 0 Å². The number of nitrogens with one attached hydrogen (secondary N) is 1. The Labute approximate surface area is 130 Å². The molecule has 114 valence electrons. The largest absolute Gasteiger partial charge is 0.351 e. The van der Waals surface area contributed by atoms with Crippen LogP contribution in [0.4, 0.5) is 0 Å². The fourth-order valence-corrected chi connectivity index (χ4v) is 2.44. The minimum Gasteiger partial charge on any atom is -0.351 e. The van der Waals surface area contributed by atoms with Crippen molar-refractivity contribution in [3.05, 3.63) is 40.9 Å². The highest BCUT2D eigenvalue weighted by Crippen LogP contribution is 2.14. The highest BCUT2D eigenvalue weighted by Gasteiger charge is 2.10. The summed E-state index contributed by atoms with van der Waals surface area (Å²) in [6, 6.07) is 3.95. The van der Waals surface area contributed by atoms with Gasteiger partial charge in [0.1, 0.15) is 0 Å². The Bertz CT molecular complexity index is 627. The van der Waals surface area contributed by atoms with Crippen LogP contribution in [-0.4, -0.2) is 39.3 Å². The molecule has 0 amide bonds. The van der Waals surface area contributed by atoms with E-state index in [-0.39, 0.29) is 0 Å². The first-order valence-corrected chi connectivity index (χ1v) is 7.08. The lowest BCUT2D eigenvalue weighted by Gasteiger charge is -2.22. The fraction of sp³-hybridized carbons (Fsp3) is 0.429. The van der Waals surface area contributed by atoms with Crippen molar-refractivity contribution < 1.29 is 0 Å². The van der Waals surface area contributed by atoms with E-state index in [4.69, 9.17) is 11.6 Å². The molecule has 0 aromatic carbocycles. The molecule has 21 heavy (non-hydrogen) atoms. The molecule has 0 saturated carbocycles. The Morgan fingerprint density at radius 3 is 2.71 bits per heavy atom. The maximum atomic E-state index is 6.01. The van der Waals surface area contributed by atoms with E-state index in [0.29, 0.717) is 6.54 Å². The Balaban J connectivity index is 1.97. The topological polar surface area (TPSA) is 50.4 Å². The van der Waals surface area contributed by atoms with Crippen molar-refractivity contribution in [3.8, 4) is 0 Å². The summed E-state index contributed by atoms with van der Waals surface area (Å²) in [6.07, 6.45) is 3.69. The van der Waals surface area contributed by atoms with E-state index in [1.165, 1.54) is 0 Å². The Morgan fingerprint density at radius 1 is 1.43 bits per heavy atom. The van der Waals surface area contributed by atoms with Crippen molar-refractivity contribution >= 4 is 17.6 Å². The molecule has 0 spiro atoms. The van der Waals surface area contributed by atoms with Gasteiger partial charge in [-0.05, 0) is 12.1 Å². The second-order valence-corrected chi connectivity index (χ2v) is 5.40. The minimum atomic E-state index is 0.682. The van der Waals surface area contributed by atoms with E-state index in [0.717, 1.165) is 28.9 Å². The van der Waals surface area contributed by atoms with Gasteiger partial charge in [0, 0.05) is 46.3 Å². The third kappa shape index (κ3) is 3.78. The highest BCUT2D eigenvalue weighted by atomic mass is 35.5. The Hall–Kier alpha value is -1.95. The number of hydrogen-bond donors (Lipinski definition) is 1. The number of guanidine groups is 1. The van der Waals surface area contributed by atoms with E-state index in [1.54, 1.807) is 13.2 Å². The maximum Gasteiger partial charge on any atom is 0.194 e. The van der Waals surface area contributed by atoms with Crippen molar-refractivity contribution in [2.45, 2.75) is 13.1 Å². The van der Waals surface area contributed by atoms with Gasteiger partial charge in [-0.25, -0.2) is 0 Å². The molecule has 0 saturated heterocycles. The SMILES string of the molecule is CN=C(NCc1ccnn1C)N(C)Cc1cc(Cl)cn1C. The van der Waals surface area contributed by atoms with E-state index in [1.807, 2.05) is 48.7 Å². The Kier molecular flexibility index (Phi) is 4.90. The average Bonchev–Trinajstić information content (AvgIpc) is 2.97. The normalized spacial score (nSPS) is 11.8. The van der Waals surface area contributed by atoms with Crippen LogP contribution in [-0.2, 0) is 27.2 Å². The molecular formula is C14H21ClN6. The van der Waals surface area contributed by atoms with Crippen LogP contribution in [0.3, 0.4) is 0 Å². The first-order valence-electron chi connectivity index (χ1n) is 6.70. The van der Waals surface area contributed by atoms with Crippen molar-refractivity contribution in [3.63, 3.8) is 0 Å². The van der Waals surface area contributed by atoms with Gasteiger partial charge >= 0.3 is 0 Å². The number of halogens is 1. The van der Waals surface area contributed by atoms with E-state index in [2.05, 4.69) is 20.3 Å². The van der Waals surface area contributed by atoms with E-state index in [9.17, 15) is 0 Å². The number of aromatic nitrogens is 3. The molecule has 0 atom stereocenters. The minimum absolute atomic E-state index is 0.682. The number of aliphatic imine (C=N–C) groups is 1. The predicted octanol–water partition coefficient (Wildman–Crippen LogP) is 1.62. The van der Waals surface area contributed by atoms with Crippen LogP contribution < -0.4 is 5.32 Å². The van der Waals surface area contributed by atoms with Crippen molar-refractivity contribution in [2.24, 2.45) is 19.1 Å². The summed E-state index contributed by atoms with van der Waals surface area (Å²) in [6.45, 7) is 1.41. The molecule has 0 fully saturated rings. The van der Waals surface area contributed by atoms with E-state index >= 15 is 0 Å². The molecule has 0 aliphatic heterocycles. The van der Waals surface area contributed by atoms with Crippen molar-refractivity contribution in [1.82, 2.24) is 24.6 Å². The van der Waals surface area contributed by atoms with Crippen LogP contribution in [0.5, 0.6) is 0 Å². The zero-order chi connectivity index (χ0) is 15.4. The molecular weight excluding hydrogens is 288 g/mol. The number of nitrogens with zero attached hydrogens (tertiary/aromatic N) is 5. The van der Waals surface area contributed by atoms with Crippen LogP contribution in [0.25, 0.3) is 0 Å². The van der Waals surface area contributed by atoms with Crippen molar-refractivity contribution in [1.29, 1.82) is 0 Å². The molecule has 2 rings (SSSR count). The van der Waals surface area contributed by atoms with Gasteiger partial charge in [0.2, 0.25) is 0 Å². The van der Waals surface area contributed by atoms with Crippen LogP contribution in [0.1, 0.15) is 11.4 Å². The van der Waals surface area contributed by atoms with Crippen LogP contribution >= 0.6 is 11.6 Å². The van der Waals surface area contributed by atoms with Gasteiger partial charge in [0.15, 0.2) is 5.96 Å². The molecule has 0 bridgehead atoms. The van der Waals surface area contributed by atoms with Crippen LogP contribution in [0, 0.1) is 0 Å². The fourth-order valence-electron chi connectivity index (χ4n) is 2.17. The van der Waals surface area contributed by atoms with Gasteiger partial charge < -0.3 is 14.8 Å². The van der Waals surface area contributed by atoms with Crippen molar-refractivity contribution in [2.75, 3.05) is 14.1 Å². The summed E-state index contributed by atoms with van der Waals surface area (Å²) in [7, 11) is 7.69. The predicted molar refractivity (Wildman–Crippen MR) is 85.3 cm³/mol. The average molecular weight is 309 g/mol. The summed E-state index contributed by atoms with van der Waals surface area (Å²) < 4.78 is 3.87. The molecule has 2 heterocycles. The second kappa shape index (κ2) is 6.67. The monoisotopic (exact) mass is 308 g/mol. The third-order valence-electron chi connectivity index (χ3n) is 3.40. The zero-order valence-electron chi connectivity index (χ0n) is 12.8. The lowest BCUT2D eigenvalue weighted by atomic mass is 10.4. The molecule has 2 aromatic rings. The summed E-state index contributed by atoms with van der Waals surface area (Å²) in [4.78, 5) is 6.37. The molecule has 6 nitrogen and oxygen atoms in total. The number of aryl methyl sites for hydroxylation is 2. The van der Waals surface area contributed by atoms with Gasteiger partial charge in [-0.15, -0.1) is 0 Å². The zero-order valence-corrected chi connectivity index (χ0v) is 13.6. The molecule has 0 aliphatic carbocycles. The highest BCUT2D eigenvalue weighted by molar-refractivity contribution is 6.30. The number of rotatable bonds is 4. The molecule has 0 unspecified atom stereocenters. The summed E-state index contributed by atoms with van der Waals surface area (Å²) >= 11 is 6.01. The Morgan fingerprint density at radius 2 is 2.19 bits per heavy atom. The quantitative estimate of drug-likeness (QED) is 0.690.